The quantitative estimate of drug-likeness (QED) is 0.539. The van der Waals surface area contributed by atoms with E-state index in [-0.39, 0.29) is 17.0 Å². The summed E-state index contributed by atoms with van der Waals surface area (Å²) >= 11 is 3.14. The summed E-state index contributed by atoms with van der Waals surface area (Å²) < 4.78 is 25.0. The van der Waals surface area contributed by atoms with Crippen LogP contribution in [0.25, 0.3) is 0 Å². The first-order valence-electron chi connectivity index (χ1n) is 3.78. The maximum Gasteiger partial charge on any atom is 0.335 e. The summed E-state index contributed by atoms with van der Waals surface area (Å²) in [5.74, 6) is 0.00715. The van der Waals surface area contributed by atoms with Gasteiger partial charge in [0, 0.05) is 6.07 Å². The monoisotopic (exact) mass is 266 g/mol. The SMILES string of the molecule is COc1cc(Cl)nc(NC(=O)NS(=O)O)n1. The molecule has 1 heterocycles. The van der Waals surface area contributed by atoms with E-state index in [0.29, 0.717) is 0 Å². The van der Waals surface area contributed by atoms with Gasteiger partial charge in [0.15, 0.2) is 0 Å². The minimum absolute atomic E-state index is 0.0623. The zero-order chi connectivity index (χ0) is 12.1. The fourth-order valence-corrected chi connectivity index (χ4v) is 1.15. The van der Waals surface area contributed by atoms with Crippen molar-refractivity contribution in [3.8, 4) is 5.88 Å². The van der Waals surface area contributed by atoms with Gasteiger partial charge in [-0.05, 0) is 0 Å². The summed E-state index contributed by atoms with van der Waals surface area (Å²) in [4.78, 5) is 18.4. The van der Waals surface area contributed by atoms with Gasteiger partial charge in [-0.3, -0.25) is 9.87 Å². The van der Waals surface area contributed by atoms with E-state index < -0.39 is 17.3 Å². The van der Waals surface area contributed by atoms with Gasteiger partial charge in [-0.15, -0.1) is 0 Å². The van der Waals surface area contributed by atoms with E-state index in [1.165, 1.54) is 13.2 Å². The third-order valence-electron chi connectivity index (χ3n) is 1.29. The molecule has 2 amide bonds. The van der Waals surface area contributed by atoms with Crippen LogP contribution in [0.15, 0.2) is 6.07 Å². The first-order valence-corrected chi connectivity index (χ1v) is 5.27. The average molecular weight is 267 g/mol. The molecule has 10 heteroatoms. The van der Waals surface area contributed by atoms with Crippen LogP contribution in [0.1, 0.15) is 0 Å². The molecule has 0 saturated heterocycles. The van der Waals surface area contributed by atoms with Crippen molar-refractivity contribution in [1.82, 2.24) is 14.7 Å². The van der Waals surface area contributed by atoms with Crippen molar-refractivity contribution in [2.75, 3.05) is 12.4 Å². The molecule has 0 aliphatic heterocycles. The Hall–Kier alpha value is -1.45. The predicted octanol–water partition coefficient (Wildman–Crippen LogP) is 0.397. The molecule has 1 rings (SSSR count). The Kier molecular flexibility index (Phi) is 4.40. The summed E-state index contributed by atoms with van der Waals surface area (Å²) in [6.07, 6.45) is 0. The van der Waals surface area contributed by atoms with Crippen molar-refractivity contribution in [1.29, 1.82) is 0 Å². The van der Waals surface area contributed by atoms with Crippen molar-refractivity contribution >= 4 is 34.8 Å². The van der Waals surface area contributed by atoms with E-state index in [1.54, 1.807) is 4.72 Å². The topological polar surface area (TPSA) is 113 Å². The van der Waals surface area contributed by atoms with Crippen LogP contribution in [0.5, 0.6) is 5.88 Å². The smallest absolute Gasteiger partial charge is 0.335 e. The van der Waals surface area contributed by atoms with Gasteiger partial charge in [0.1, 0.15) is 5.15 Å². The second kappa shape index (κ2) is 5.58. The molecule has 1 aromatic rings. The third-order valence-corrected chi connectivity index (χ3v) is 1.84. The Morgan fingerprint density at radius 3 is 2.88 bits per heavy atom. The van der Waals surface area contributed by atoms with Gasteiger partial charge < -0.3 is 4.74 Å². The number of nitrogens with zero attached hydrogens (tertiary/aromatic N) is 2. The maximum absolute atomic E-state index is 11.0. The van der Waals surface area contributed by atoms with Gasteiger partial charge in [0.05, 0.1) is 7.11 Å². The normalized spacial score (nSPS) is 11.7. The summed E-state index contributed by atoms with van der Waals surface area (Å²) in [6.45, 7) is 0. The lowest BCUT2D eigenvalue weighted by Gasteiger charge is -2.05. The number of amides is 2. The summed E-state index contributed by atoms with van der Waals surface area (Å²) in [7, 11) is 1.37. The number of anilines is 1. The van der Waals surface area contributed by atoms with Gasteiger partial charge in [0.25, 0.3) is 11.3 Å². The number of hydrogen-bond acceptors (Lipinski definition) is 5. The highest BCUT2D eigenvalue weighted by Gasteiger charge is 2.08. The Balaban J connectivity index is 2.76. The number of halogens is 1. The van der Waals surface area contributed by atoms with E-state index in [1.807, 2.05) is 0 Å². The number of nitrogens with one attached hydrogen (secondary N) is 2. The van der Waals surface area contributed by atoms with Crippen molar-refractivity contribution in [3.05, 3.63) is 11.2 Å². The standard InChI is InChI=1S/C6H7ClN4O4S/c1-15-4-2-3(7)8-5(9-4)10-6(12)11-16(13)14/h2H,1H3,(H,13,14)(H2,8,9,10,11,12). The Labute approximate surface area is 97.8 Å². The fourth-order valence-electron chi connectivity index (χ4n) is 0.764. The van der Waals surface area contributed by atoms with Gasteiger partial charge in [0.2, 0.25) is 11.8 Å². The van der Waals surface area contributed by atoms with Crippen LogP contribution < -0.4 is 14.8 Å². The highest BCUT2D eigenvalue weighted by Crippen LogP contribution is 2.15. The third kappa shape index (κ3) is 3.96. The van der Waals surface area contributed by atoms with Crippen molar-refractivity contribution in [3.63, 3.8) is 0 Å². The number of methoxy groups -OCH3 is 1. The number of hydrogen-bond donors (Lipinski definition) is 3. The van der Waals surface area contributed by atoms with Crippen LogP contribution >= 0.6 is 11.6 Å². The number of rotatable bonds is 3. The van der Waals surface area contributed by atoms with Crippen LogP contribution in [0, 0.1) is 0 Å². The molecule has 1 aromatic heterocycles. The lowest BCUT2D eigenvalue weighted by Crippen LogP contribution is -2.30. The zero-order valence-corrected chi connectivity index (χ0v) is 9.50. The lowest BCUT2D eigenvalue weighted by atomic mass is 10.6. The number of carbonyl (C=O) groups excluding carboxylic acids is 1. The molecule has 0 bridgehead atoms. The molecule has 0 aliphatic carbocycles. The fraction of sp³-hybridized carbons (Fsp3) is 0.167. The maximum atomic E-state index is 11.0. The minimum Gasteiger partial charge on any atom is -0.481 e. The molecule has 1 atom stereocenters. The van der Waals surface area contributed by atoms with Gasteiger partial charge in [-0.25, -0.2) is 18.7 Å². The van der Waals surface area contributed by atoms with Gasteiger partial charge in [-0.2, -0.15) is 4.98 Å². The molecule has 0 radical (unpaired) electrons. The molecule has 0 saturated carbocycles. The summed E-state index contributed by atoms with van der Waals surface area (Å²) in [5, 5.41) is 2.16. The van der Waals surface area contributed by atoms with E-state index in [9.17, 15) is 9.00 Å². The zero-order valence-electron chi connectivity index (χ0n) is 7.93. The largest absolute Gasteiger partial charge is 0.481 e. The predicted molar refractivity (Wildman–Crippen MR) is 56.5 cm³/mol. The molecule has 16 heavy (non-hydrogen) atoms. The van der Waals surface area contributed by atoms with Gasteiger partial charge in [-0.1, -0.05) is 11.6 Å². The number of ether oxygens (including phenoxy) is 1. The lowest BCUT2D eigenvalue weighted by molar-refractivity contribution is 0.256. The average Bonchev–Trinajstić information content (AvgIpc) is 2.14. The Bertz CT molecular complexity index is 429. The van der Waals surface area contributed by atoms with Crippen LogP contribution in [-0.4, -0.2) is 31.9 Å². The molecular formula is C6H7ClN4O4S. The van der Waals surface area contributed by atoms with E-state index in [0.717, 1.165) is 0 Å². The Morgan fingerprint density at radius 1 is 1.62 bits per heavy atom. The summed E-state index contributed by atoms with van der Waals surface area (Å²) in [5.41, 5.74) is 0. The Morgan fingerprint density at radius 2 is 2.31 bits per heavy atom. The summed E-state index contributed by atoms with van der Waals surface area (Å²) in [6, 6.07) is 0.402. The molecule has 0 spiro atoms. The molecule has 8 nitrogen and oxygen atoms in total. The van der Waals surface area contributed by atoms with Crippen molar-refractivity contribution in [2.24, 2.45) is 0 Å². The van der Waals surface area contributed by atoms with E-state index in [4.69, 9.17) is 20.9 Å². The highest BCUT2D eigenvalue weighted by molar-refractivity contribution is 7.77. The molecule has 3 N–H and O–H groups in total. The number of carbonyl (C=O) groups is 1. The first kappa shape index (κ1) is 12.6. The van der Waals surface area contributed by atoms with Crippen LogP contribution in [0.2, 0.25) is 5.15 Å². The molecular weight excluding hydrogens is 260 g/mol. The van der Waals surface area contributed by atoms with E-state index >= 15 is 0 Å². The number of aromatic nitrogens is 2. The molecule has 0 aliphatic rings. The van der Waals surface area contributed by atoms with Gasteiger partial charge >= 0.3 is 6.03 Å². The van der Waals surface area contributed by atoms with Crippen LogP contribution in [0.4, 0.5) is 10.7 Å². The number of urea groups is 1. The van der Waals surface area contributed by atoms with Crippen LogP contribution in [0.3, 0.4) is 0 Å². The molecule has 1 unspecified atom stereocenters. The molecule has 88 valence electrons. The van der Waals surface area contributed by atoms with Crippen molar-refractivity contribution in [2.45, 2.75) is 0 Å². The highest BCUT2D eigenvalue weighted by atomic mass is 35.5. The molecule has 0 fully saturated rings. The second-order valence-corrected chi connectivity index (χ2v) is 3.45. The van der Waals surface area contributed by atoms with Crippen molar-refractivity contribution < 1.29 is 18.3 Å². The molecule has 0 aromatic carbocycles. The minimum atomic E-state index is -2.46. The van der Waals surface area contributed by atoms with E-state index in [2.05, 4.69) is 15.3 Å². The van der Waals surface area contributed by atoms with Crippen LogP contribution in [-0.2, 0) is 11.3 Å². The second-order valence-electron chi connectivity index (χ2n) is 2.36. The first-order chi connectivity index (χ1) is 7.51.